The Morgan fingerprint density at radius 1 is 1.08 bits per heavy atom. The molecule has 126 valence electrons. The van der Waals surface area contributed by atoms with Crippen molar-refractivity contribution >= 4 is 21.6 Å². The molecule has 1 aliphatic heterocycles. The molecule has 2 aromatic carbocycles. The van der Waals surface area contributed by atoms with E-state index >= 15 is 0 Å². The van der Waals surface area contributed by atoms with E-state index in [0.29, 0.717) is 12.2 Å². The first-order chi connectivity index (χ1) is 11.4. The number of cyclic esters (lactones) is 1. The lowest BCUT2D eigenvalue weighted by molar-refractivity contribution is 0.0963. The second-order valence-electron chi connectivity index (χ2n) is 5.64. The normalized spacial score (nSPS) is 17.8. The Morgan fingerprint density at radius 2 is 1.62 bits per heavy atom. The van der Waals surface area contributed by atoms with Gasteiger partial charge in [-0.05, 0) is 35.4 Å². The lowest BCUT2D eigenvalue weighted by Crippen LogP contribution is -2.25. The highest BCUT2D eigenvalue weighted by molar-refractivity contribution is 7.90. The zero-order valence-electron chi connectivity index (χ0n) is 13.0. The molecule has 0 bridgehead atoms. The van der Waals surface area contributed by atoms with E-state index in [9.17, 15) is 13.2 Å². The van der Waals surface area contributed by atoms with Gasteiger partial charge in [0.1, 0.15) is 6.10 Å². The van der Waals surface area contributed by atoms with Gasteiger partial charge < -0.3 is 9.84 Å². The topological polar surface area (TPSA) is 83.9 Å². The minimum Gasteiger partial charge on any atom is -0.441 e. The first-order valence-corrected chi connectivity index (χ1v) is 9.27. The zero-order valence-corrected chi connectivity index (χ0v) is 13.9. The van der Waals surface area contributed by atoms with Crippen LogP contribution in [0, 0.1) is 0 Å². The van der Waals surface area contributed by atoms with Crippen molar-refractivity contribution in [1.29, 1.82) is 0 Å². The molecule has 0 radical (unpaired) electrons. The van der Waals surface area contributed by atoms with Crippen molar-refractivity contribution in [3.05, 3.63) is 48.5 Å². The minimum absolute atomic E-state index is 0.201. The second kappa shape index (κ2) is 6.26. The number of carbonyl (C=O) groups is 1. The molecule has 24 heavy (non-hydrogen) atoms. The highest BCUT2D eigenvalue weighted by Gasteiger charge is 2.31. The molecule has 1 saturated heterocycles. The molecule has 2 aromatic rings. The van der Waals surface area contributed by atoms with Gasteiger partial charge in [-0.1, -0.05) is 24.3 Å². The summed E-state index contributed by atoms with van der Waals surface area (Å²) in [5.74, 6) is 0. The molecule has 1 atom stereocenters. The molecule has 0 aliphatic carbocycles. The van der Waals surface area contributed by atoms with Crippen molar-refractivity contribution in [2.24, 2.45) is 0 Å². The average molecular weight is 347 g/mol. The predicted molar refractivity (Wildman–Crippen MR) is 89.7 cm³/mol. The number of carbonyl (C=O) groups excluding carboxylic acids is 1. The maximum Gasteiger partial charge on any atom is 0.414 e. The van der Waals surface area contributed by atoms with Crippen molar-refractivity contribution in [3.63, 3.8) is 0 Å². The van der Waals surface area contributed by atoms with Crippen LogP contribution in [0.25, 0.3) is 11.1 Å². The van der Waals surface area contributed by atoms with Gasteiger partial charge in [0, 0.05) is 11.9 Å². The third kappa shape index (κ3) is 3.27. The number of rotatable bonds is 4. The smallest absolute Gasteiger partial charge is 0.414 e. The number of nitrogens with zero attached hydrogens (tertiary/aromatic N) is 1. The monoisotopic (exact) mass is 347 g/mol. The van der Waals surface area contributed by atoms with Gasteiger partial charge in [0.2, 0.25) is 0 Å². The van der Waals surface area contributed by atoms with Crippen LogP contribution in [0.4, 0.5) is 10.5 Å². The van der Waals surface area contributed by atoms with Crippen molar-refractivity contribution in [2.75, 3.05) is 24.3 Å². The van der Waals surface area contributed by atoms with E-state index in [0.717, 1.165) is 11.1 Å². The van der Waals surface area contributed by atoms with Crippen LogP contribution >= 0.6 is 0 Å². The zero-order chi connectivity index (χ0) is 17.3. The molecule has 3 rings (SSSR count). The minimum atomic E-state index is -3.21. The summed E-state index contributed by atoms with van der Waals surface area (Å²) in [6, 6.07) is 13.9. The van der Waals surface area contributed by atoms with Crippen molar-refractivity contribution < 1.29 is 23.1 Å². The van der Waals surface area contributed by atoms with Gasteiger partial charge in [0.15, 0.2) is 9.84 Å². The van der Waals surface area contributed by atoms with E-state index in [4.69, 9.17) is 9.84 Å². The summed E-state index contributed by atoms with van der Waals surface area (Å²) >= 11 is 0. The Bertz CT molecular complexity index is 844. The Kier molecular flexibility index (Phi) is 4.29. The Morgan fingerprint density at radius 3 is 2.08 bits per heavy atom. The SMILES string of the molecule is CS(=O)(=O)c1ccc(-c2ccc(N3C[C@H](CO)OC3=O)cc2)cc1. The van der Waals surface area contributed by atoms with E-state index in [1.54, 1.807) is 36.4 Å². The summed E-state index contributed by atoms with van der Waals surface area (Å²) in [4.78, 5) is 13.5. The van der Waals surface area contributed by atoms with Crippen molar-refractivity contribution in [3.8, 4) is 11.1 Å². The molecule has 7 heteroatoms. The van der Waals surface area contributed by atoms with Gasteiger partial charge in [0.25, 0.3) is 0 Å². The Hall–Kier alpha value is -2.38. The number of hydrogen-bond acceptors (Lipinski definition) is 5. The number of hydrogen-bond donors (Lipinski definition) is 1. The van der Waals surface area contributed by atoms with Gasteiger partial charge in [-0.2, -0.15) is 0 Å². The van der Waals surface area contributed by atoms with Gasteiger partial charge in [-0.25, -0.2) is 13.2 Å². The summed E-state index contributed by atoms with van der Waals surface area (Å²) in [6.07, 6.45) is 0.200. The van der Waals surface area contributed by atoms with E-state index in [1.807, 2.05) is 12.1 Å². The summed E-state index contributed by atoms with van der Waals surface area (Å²) in [5.41, 5.74) is 2.48. The molecule has 6 nitrogen and oxygen atoms in total. The summed E-state index contributed by atoms with van der Waals surface area (Å²) in [5, 5.41) is 9.07. The standard InChI is InChI=1S/C17H17NO5S/c1-24(21,22)16-8-4-13(5-9-16)12-2-6-14(7-3-12)18-10-15(11-19)23-17(18)20/h2-9,15,19H,10-11H2,1H3/t15-/m1/s1. The number of anilines is 1. The molecular formula is C17H17NO5S. The van der Waals surface area contributed by atoms with Crippen LogP contribution < -0.4 is 4.90 Å². The number of aliphatic hydroxyl groups is 1. The van der Waals surface area contributed by atoms with Crippen LogP contribution in [0.1, 0.15) is 0 Å². The third-order valence-corrected chi connectivity index (χ3v) is 5.00. The first-order valence-electron chi connectivity index (χ1n) is 7.38. The molecule has 0 aromatic heterocycles. The highest BCUT2D eigenvalue weighted by atomic mass is 32.2. The fraction of sp³-hybridized carbons (Fsp3) is 0.235. The van der Waals surface area contributed by atoms with E-state index in [2.05, 4.69) is 0 Å². The first kappa shape index (κ1) is 16.5. The van der Waals surface area contributed by atoms with Crippen LogP contribution in [0.15, 0.2) is 53.4 Å². The largest absolute Gasteiger partial charge is 0.441 e. The highest BCUT2D eigenvalue weighted by Crippen LogP contribution is 2.26. The van der Waals surface area contributed by atoms with Crippen LogP contribution in [0.2, 0.25) is 0 Å². The fourth-order valence-electron chi connectivity index (χ4n) is 2.56. The maximum atomic E-state index is 11.8. The van der Waals surface area contributed by atoms with E-state index in [-0.39, 0.29) is 11.5 Å². The molecule has 1 fully saturated rings. The summed E-state index contributed by atoms with van der Waals surface area (Å²) in [7, 11) is -3.21. The Balaban J connectivity index is 1.81. The lowest BCUT2D eigenvalue weighted by Gasteiger charge is -2.13. The van der Waals surface area contributed by atoms with Gasteiger partial charge >= 0.3 is 6.09 Å². The third-order valence-electron chi connectivity index (χ3n) is 3.87. The number of amides is 1. The molecular weight excluding hydrogens is 330 g/mol. The summed E-state index contributed by atoms with van der Waals surface area (Å²) in [6.45, 7) is 0.116. The lowest BCUT2D eigenvalue weighted by atomic mass is 10.1. The molecule has 1 amide bonds. The molecule has 1 heterocycles. The van der Waals surface area contributed by atoms with E-state index < -0.39 is 22.0 Å². The van der Waals surface area contributed by atoms with Crippen molar-refractivity contribution in [1.82, 2.24) is 0 Å². The van der Waals surface area contributed by atoms with Crippen LogP contribution in [-0.2, 0) is 14.6 Å². The maximum absolute atomic E-state index is 11.8. The molecule has 0 unspecified atom stereocenters. The van der Waals surface area contributed by atoms with Crippen molar-refractivity contribution in [2.45, 2.75) is 11.0 Å². The molecule has 1 N–H and O–H groups in total. The van der Waals surface area contributed by atoms with Crippen LogP contribution in [-0.4, -0.2) is 45.1 Å². The predicted octanol–water partition coefficient (Wildman–Crippen LogP) is 2.07. The number of aliphatic hydroxyl groups excluding tert-OH is 1. The van der Waals surface area contributed by atoms with E-state index in [1.165, 1.54) is 11.2 Å². The molecule has 0 spiro atoms. The van der Waals surface area contributed by atoms with Gasteiger partial charge in [0.05, 0.1) is 18.0 Å². The number of benzene rings is 2. The summed E-state index contributed by atoms with van der Waals surface area (Å²) < 4.78 is 28.0. The Labute approximate surface area is 140 Å². The second-order valence-corrected chi connectivity index (χ2v) is 7.66. The molecule has 1 aliphatic rings. The van der Waals surface area contributed by atoms with Crippen LogP contribution in [0.3, 0.4) is 0 Å². The van der Waals surface area contributed by atoms with Crippen LogP contribution in [0.5, 0.6) is 0 Å². The number of sulfone groups is 1. The quantitative estimate of drug-likeness (QED) is 0.915. The van der Waals surface area contributed by atoms with Gasteiger partial charge in [-0.15, -0.1) is 0 Å². The fourth-order valence-corrected chi connectivity index (χ4v) is 3.19. The molecule has 0 saturated carbocycles. The average Bonchev–Trinajstić information content (AvgIpc) is 2.95. The van der Waals surface area contributed by atoms with Gasteiger partial charge in [-0.3, -0.25) is 4.90 Å². The number of ether oxygens (including phenoxy) is 1.